The summed E-state index contributed by atoms with van der Waals surface area (Å²) in [6.45, 7) is 2.71. The van der Waals surface area contributed by atoms with Crippen LogP contribution in [0.15, 0.2) is 24.3 Å². The number of hydrogen-bond donors (Lipinski definition) is 1. The zero-order chi connectivity index (χ0) is 20.3. The minimum absolute atomic E-state index is 0. The molecule has 0 saturated carbocycles. The first-order valence-corrected chi connectivity index (χ1v) is 11.7. The van der Waals surface area contributed by atoms with Gasteiger partial charge in [0.25, 0.3) is 0 Å². The summed E-state index contributed by atoms with van der Waals surface area (Å²) in [5.74, 6) is -0.446. The van der Waals surface area contributed by atoms with Crippen molar-refractivity contribution in [2.24, 2.45) is 0 Å². The van der Waals surface area contributed by atoms with Crippen molar-refractivity contribution >= 4 is 35.5 Å². The Hall–Kier alpha value is -0.510. The molecule has 4 heteroatoms. The molecule has 0 saturated heterocycles. The van der Waals surface area contributed by atoms with Crippen LogP contribution in [0.5, 0.6) is 5.75 Å². The van der Waals surface area contributed by atoms with Gasteiger partial charge in [0, 0.05) is 0 Å². The van der Waals surface area contributed by atoms with Crippen LogP contribution in [0.1, 0.15) is 120 Å². The molecule has 3 nitrogen and oxygen atoms in total. The molecule has 0 amide bonds. The van der Waals surface area contributed by atoms with Gasteiger partial charge in [-0.05, 0) is 18.6 Å². The molecule has 1 aromatic rings. The third kappa shape index (κ3) is 15.9. The van der Waals surface area contributed by atoms with E-state index in [1.54, 1.807) is 18.2 Å². The molecule has 0 radical (unpaired) electrons. The van der Waals surface area contributed by atoms with Gasteiger partial charge in [-0.15, -0.1) is 0 Å². The molecule has 0 heterocycles. The van der Waals surface area contributed by atoms with Crippen molar-refractivity contribution in [1.82, 2.24) is 0 Å². The van der Waals surface area contributed by atoms with E-state index in [4.69, 9.17) is 4.74 Å². The fraction of sp³-hybridized carbons (Fsp3) is 0.720. The number of hydrogen-bond acceptors (Lipinski definition) is 3. The van der Waals surface area contributed by atoms with E-state index in [9.17, 15) is 9.90 Å². The number of rotatable bonds is 18. The summed E-state index contributed by atoms with van der Waals surface area (Å²) < 4.78 is 5.23. The van der Waals surface area contributed by atoms with Gasteiger partial charge in [-0.2, -0.15) is 0 Å². The molecule has 0 aliphatic rings. The van der Waals surface area contributed by atoms with E-state index < -0.39 is 5.97 Å². The van der Waals surface area contributed by atoms with Gasteiger partial charge in [-0.3, -0.25) is 0 Å². The topological polar surface area (TPSA) is 46.5 Å². The van der Waals surface area contributed by atoms with Crippen LogP contribution in [-0.4, -0.2) is 47.2 Å². The van der Waals surface area contributed by atoms with Crippen molar-refractivity contribution < 1.29 is 14.6 Å². The van der Waals surface area contributed by atoms with E-state index in [1.807, 2.05) is 0 Å². The van der Waals surface area contributed by atoms with Gasteiger partial charge >= 0.3 is 35.5 Å². The molecule has 162 valence electrons. The van der Waals surface area contributed by atoms with Crippen molar-refractivity contribution in [3.63, 3.8) is 0 Å². The Balaban J connectivity index is 0.00000784. The van der Waals surface area contributed by atoms with Gasteiger partial charge in [-0.25, -0.2) is 4.79 Å². The van der Waals surface area contributed by atoms with Crippen LogP contribution in [0.4, 0.5) is 0 Å². The van der Waals surface area contributed by atoms with Gasteiger partial charge in [0.05, 0.1) is 6.61 Å². The van der Waals surface area contributed by atoms with E-state index in [1.165, 1.54) is 96.0 Å². The maximum absolute atomic E-state index is 11.8. The molecule has 0 atom stereocenters. The van der Waals surface area contributed by atoms with Gasteiger partial charge < -0.3 is 9.84 Å². The van der Waals surface area contributed by atoms with E-state index >= 15 is 0 Å². The van der Waals surface area contributed by atoms with Crippen molar-refractivity contribution in [1.29, 1.82) is 0 Å². The Morgan fingerprint density at radius 3 is 1.59 bits per heavy atom. The third-order valence-corrected chi connectivity index (χ3v) is 5.36. The first-order chi connectivity index (χ1) is 13.8. The molecule has 1 N–H and O–H groups in total. The quantitative estimate of drug-likeness (QED) is 0.157. The average molecular weight is 415 g/mol. The third-order valence-electron chi connectivity index (χ3n) is 5.36. The van der Waals surface area contributed by atoms with Crippen LogP contribution in [-0.2, 0) is 4.74 Å². The van der Waals surface area contributed by atoms with Crippen LogP contribution >= 0.6 is 0 Å². The van der Waals surface area contributed by atoms with Crippen molar-refractivity contribution in [2.75, 3.05) is 6.61 Å². The minimum atomic E-state index is -0.431. The monoisotopic (exact) mass is 414 g/mol. The summed E-state index contributed by atoms with van der Waals surface area (Å²) in [7, 11) is 0. The van der Waals surface area contributed by atoms with Gasteiger partial charge in [0.1, 0.15) is 11.3 Å². The second-order valence-electron chi connectivity index (χ2n) is 7.96. The predicted molar refractivity (Wildman–Crippen MR) is 125 cm³/mol. The van der Waals surface area contributed by atoms with E-state index in [0.29, 0.717) is 6.61 Å². The van der Waals surface area contributed by atoms with E-state index in [-0.39, 0.29) is 40.9 Å². The SMILES string of the molecule is CCCCCCCCCCCCCCCCCCOC(=O)c1ccccc1O.[NaH]. The molecule has 1 rings (SSSR count). The number of para-hydroxylation sites is 1. The number of benzene rings is 1. The summed E-state index contributed by atoms with van der Waals surface area (Å²) in [4.78, 5) is 11.8. The number of esters is 1. The van der Waals surface area contributed by atoms with Crippen LogP contribution in [0.3, 0.4) is 0 Å². The fourth-order valence-corrected chi connectivity index (χ4v) is 3.54. The number of ether oxygens (including phenoxy) is 1. The summed E-state index contributed by atoms with van der Waals surface area (Å²) in [6.07, 6.45) is 21.3. The van der Waals surface area contributed by atoms with Crippen LogP contribution in [0, 0.1) is 0 Å². The molecule has 0 unspecified atom stereocenters. The maximum atomic E-state index is 11.8. The van der Waals surface area contributed by atoms with Gasteiger partial charge in [0.2, 0.25) is 0 Å². The Labute approximate surface area is 201 Å². The Morgan fingerprint density at radius 2 is 1.14 bits per heavy atom. The predicted octanol–water partition coefficient (Wildman–Crippen LogP) is 7.16. The van der Waals surface area contributed by atoms with Crippen LogP contribution in [0.2, 0.25) is 0 Å². The number of unbranched alkanes of at least 4 members (excludes halogenated alkanes) is 15. The fourth-order valence-electron chi connectivity index (χ4n) is 3.54. The number of carbonyl (C=O) groups is 1. The number of carbonyl (C=O) groups excluding carboxylic acids is 1. The molecule has 0 aliphatic heterocycles. The summed E-state index contributed by atoms with van der Waals surface area (Å²) in [5, 5.41) is 9.62. The Morgan fingerprint density at radius 1 is 0.724 bits per heavy atom. The number of phenolic OH excluding ortho intramolecular Hbond substituents is 1. The molecule has 0 aromatic heterocycles. The second kappa shape index (κ2) is 20.8. The first kappa shape index (κ1) is 28.5. The molecule has 29 heavy (non-hydrogen) atoms. The Bertz CT molecular complexity index is 505. The van der Waals surface area contributed by atoms with Crippen molar-refractivity contribution in [2.45, 2.75) is 110 Å². The molecule has 0 aliphatic carbocycles. The van der Waals surface area contributed by atoms with E-state index in [0.717, 1.165) is 12.8 Å². The second-order valence-corrected chi connectivity index (χ2v) is 7.96. The molecule has 0 fully saturated rings. The Kier molecular flexibility index (Phi) is 20.4. The zero-order valence-electron chi connectivity index (χ0n) is 18.1. The van der Waals surface area contributed by atoms with Gasteiger partial charge in [-0.1, -0.05) is 115 Å². The first-order valence-electron chi connectivity index (χ1n) is 11.7. The molecule has 0 spiro atoms. The number of phenols is 1. The summed E-state index contributed by atoms with van der Waals surface area (Å²) >= 11 is 0. The van der Waals surface area contributed by atoms with Crippen LogP contribution in [0.25, 0.3) is 0 Å². The molecular weight excluding hydrogens is 371 g/mol. The number of aromatic hydroxyl groups is 1. The summed E-state index contributed by atoms with van der Waals surface area (Å²) in [5.41, 5.74) is 0.249. The van der Waals surface area contributed by atoms with Crippen molar-refractivity contribution in [3.8, 4) is 5.75 Å². The van der Waals surface area contributed by atoms with E-state index in [2.05, 4.69) is 6.92 Å². The van der Waals surface area contributed by atoms with Gasteiger partial charge in [0.15, 0.2) is 0 Å². The standard InChI is InChI=1S/C25H42O3.Na.H/c1-2-3-4-5-6-7-8-9-10-11-12-13-14-15-16-19-22-28-25(27)23-20-17-18-21-24(23)26;;/h17-18,20-21,26H,2-16,19,22H2,1H3;;. The zero-order valence-corrected chi connectivity index (χ0v) is 18.1. The molecule has 1 aromatic carbocycles. The van der Waals surface area contributed by atoms with Crippen molar-refractivity contribution in [3.05, 3.63) is 29.8 Å². The molecule has 0 bridgehead atoms. The molecular formula is C25H43NaO3. The normalized spacial score (nSPS) is 10.5. The summed E-state index contributed by atoms with van der Waals surface area (Å²) in [6, 6.07) is 6.52. The van der Waals surface area contributed by atoms with Crippen LogP contribution < -0.4 is 0 Å². The average Bonchev–Trinajstić information content (AvgIpc) is 2.70.